The monoisotopic (exact) mass is 442 g/mol. The number of hydrogen-bond acceptors (Lipinski definition) is 4. The minimum Gasteiger partial charge on any atom is -0.380 e. The molecule has 0 aliphatic rings. The Balaban J connectivity index is 1.77. The molecule has 8 heteroatoms. The quantitative estimate of drug-likeness (QED) is 0.568. The Kier molecular flexibility index (Phi) is 7.04. The van der Waals surface area contributed by atoms with Crippen LogP contribution in [0.2, 0.25) is 0 Å². The third-order valence-electron chi connectivity index (χ3n) is 4.55. The highest BCUT2D eigenvalue weighted by Crippen LogP contribution is 2.22. The molecule has 0 unspecified atom stereocenters. The summed E-state index contributed by atoms with van der Waals surface area (Å²) in [4.78, 5) is 12.6. The first-order chi connectivity index (χ1) is 14.8. The molecule has 1 amide bonds. The Hall–Kier alpha value is -3.23. The van der Waals surface area contributed by atoms with E-state index in [-0.39, 0.29) is 12.5 Å². The molecule has 3 aromatic carbocycles. The van der Waals surface area contributed by atoms with Crippen molar-refractivity contribution in [2.24, 2.45) is 0 Å². The van der Waals surface area contributed by atoms with Crippen molar-refractivity contribution < 1.29 is 22.3 Å². The van der Waals surface area contributed by atoms with Crippen LogP contribution in [-0.2, 0) is 27.9 Å². The molecule has 162 valence electrons. The highest BCUT2D eigenvalue weighted by Gasteiger charge is 2.18. The number of nitrogens with zero attached hydrogens (tertiary/aromatic N) is 1. The number of carbonyl (C=O) groups excluding carboxylic acids is 1. The summed E-state index contributed by atoms with van der Waals surface area (Å²) in [6.45, 7) is 0.491. The first-order valence-electron chi connectivity index (χ1n) is 9.48. The standard InChI is InChI=1S/C23H23FN2O4S/c1-30-16-18-4-3-5-21(14-18)25-23(27)19-8-12-22(13-9-19)26(31(2,28)29)15-17-6-10-20(24)11-7-17/h3-14H,15-16H2,1-2H3,(H,25,27). The maximum atomic E-state index is 13.1. The topological polar surface area (TPSA) is 75.7 Å². The van der Waals surface area contributed by atoms with Crippen LogP contribution in [0.1, 0.15) is 21.5 Å². The summed E-state index contributed by atoms with van der Waals surface area (Å²) in [5, 5.41) is 2.82. The molecule has 3 aromatic rings. The second kappa shape index (κ2) is 9.72. The van der Waals surface area contributed by atoms with Gasteiger partial charge in [-0.25, -0.2) is 12.8 Å². The maximum Gasteiger partial charge on any atom is 0.255 e. The number of halogens is 1. The van der Waals surface area contributed by atoms with Crippen molar-refractivity contribution in [3.05, 3.63) is 95.3 Å². The predicted molar refractivity (Wildman–Crippen MR) is 119 cm³/mol. The Morgan fingerprint density at radius 3 is 2.29 bits per heavy atom. The third-order valence-corrected chi connectivity index (χ3v) is 5.69. The Morgan fingerprint density at radius 2 is 1.68 bits per heavy atom. The van der Waals surface area contributed by atoms with Gasteiger partial charge in [0.2, 0.25) is 10.0 Å². The predicted octanol–water partition coefficient (Wildman–Crippen LogP) is 4.19. The lowest BCUT2D eigenvalue weighted by Crippen LogP contribution is -2.29. The summed E-state index contributed by atoms with van der Waals surface area (Å²) in [6, 6.07) is 19.2. The van der Waals surface area contributed by atoms with Crippen LogP contribution in [0, 0.1) is 5.82 Å². The number of carbonyl (C=O) groups is 1. The molecule has 0 aromatic heterocycles. The lowest BCUT2D eigenvalue weighted by atomic mass is 10.1. The molecule has 0 spiro atoms. The van der Waals surface area contributed by atoms with E-state index in [1.54, 1.807) is 37.4 Å². The Bertz CT molecular complexity index is 1150. The van der Waals surface area contributed by atoms with Gasteiger partial charge in [-0.2, -0.15) is 0 Å². The highest BCUT2D eigenvalue weighted by atomic mass is 32.2. The Morgan fingerprint density at radius 1 is 1.00 bits per heavy atom. The SMILES string of the molecule is COCc1cccc(NC(=O)c2ccc(N(Cc3ccc(F)cc3)S(C)(=O)=O)cc2)c1. The van der Waals surface area contributed by atoms with Crippen molar-refractivity contribution >= 4 is 27.3 Å². The van der Waals surface area contributed by atoms with Gasteiger partial charge in [-0.05, 0) is 59.7 Å². The van der Waals surface area contributed by atoms with Gasteiger partial charge in [0, 0.05) is 18.4 Å². The van der Waals surface area contributed by atoms with Gasteiger partial charge in [0.25, 0.3) is 5.91 Å². The smallest absolute Gasteiger partial charge is 0.255 e. The molecule has 0 saturated carbocycles. The summed E-state index contributed by atoms with van der Waals surface area (Å²) in [5.41, 5.74) is 3.00. The third kappa shape index (κ3) is 6.13. The number of hydrogen-bond donors (Lipinski definition) is 1. The number of ether oxygens (including phenoxy) is 1. The van der Waals surface area contributed by atoms with E-state index in [0.717, 1.165) is 11.8 Å². The fourth-order valence-corrected chi connectivity index (χ4v) is 3.93. The van der Waals surface area contributed by atoms with Crippen molar-refractivity contribution in [3.63, 3.8) is 0 Å². The molecule has 0 bridgehead atoms. The van der Waals surface area contributed by atoms with E-state index in [4.69, 9.17) is 4.74 Å². The van der Waals surface area contributed by atoms with Gasteiger partial charge >= 0.3 is 0 Å². The van der Waals surface area contributed by atoms with E-state index in [1.807, 2.05) is 18.2 Å². The van der Waals surface area contributed by atoms with Crippen molar-refractivity contribution in [2.45, 2.75) is 13.2 Å². The van der Waals surface area contributed by atoms with Crippen molar-refractivity contribution in [3.8, 4) is 0 Å². The number of nitrogens with one attached hydrogen (secondary N) is 1. The summed E-state index contributed by atoms with van der Waals surface area (Å²) in [7, 11) is -1.99. The molecule has 0 heterocycles. The van der Waals surface area contributed by atoms with Gasteiger partial charge in [-0.15, -0.1) is 0 Å². The zero-order valence-electron chi connectivity index (χ0n) is 17.2. The van der Waals surface area contributed by atoms with Crippen LogP contribution in [0.25, 0.3) is 0 Å². The van der Waals surface area contributed by atoms with Gasteiger partial charge in [-0.3, -0.25) is 9.10 Å². The van der Waals surface area contributed by atoms with E-state index >= 15 is 0 Å². The summed E-state index contributed by atoms with van der Waals surface area (Å²) >= 11 is 0. The normalized spacial score (nSPS) is 11.2. The van der Waals surface area contributed by atoms with Gasteiger partial charge in [-0.1, -0.05) is 24.3 Å². The molecule has 1 N–H and O–H groups in total. The number of methoxy groups -OCH3 is 1. The first kappa shape index (κ1) is 22.5. The van der Waals surface area contributed by atoms with Crippen LogP contribution in [0.3, 0.4) is 0 Å². The van der Waals surface area contributed by atoms with Crippen molar-refractivity contribution in [1.29, 1.82) is 0 Å². The second-order valence-electron chi connectivity index (χ2n) is 7.03. The summed E-state index contributed by atoms with van der Waals surface area (Å²) in [6.07, 6.45) is 1.10. The lowest BCUT2D eigenvalue weighted by Gasteiger charge is -2.22. The number of rotatable bonds is 8. The minimum atomic E-state index is -3.59. The second-order valence-corrected chi connectivity index (χ2v) is 8.94. The van der Waals surface area contributed by atoms with E-state index < -0.39 is 15.8 Å². The molecule has 0 fully saturated rings. The number of amides is 1. The minimum absolute atomic E-state index is 0.0525. The Labute approximate surface area is 181 Å². The van der Waals surface area contributed by atoms with Crippen molar-refractivity contribution in [2.75, 3.05) is 23.0 Å². The number of anilines is 2. The van der Waals surface area contributed by atoms with Gasteiger partial charge in [0.15, 0.2) is 0 Å². The summed E-state index contributed by atoms with van der Waals surface area (Å²) in [5.74, 6) is -0.705. The maximum absolute atomic E-state index is 13.1. The van der Waals surface area contributed by atoms with E-state index in [2.05, 4.69) is 5.32 Å². The highest BCUT2D eigenvalue weighted by molar-refractivity contribution is 7.92. The van der Waals surface area contributed by atoms with E-state index in [9.17, 15) is 17.6 Å². The molecule has 6 nitrogen and oxygen atoms in total. The average Bonchev–Trinajstić information content (AvgIpc) is 2.73. The molecule has 0 radical (unpaired) electrons. The van der Waals surface area contributed by atoms with E-state index in [1.165, 1.54) is 28.6 Å². The fraction of sp³-hybridized carbons (Fsp3) is 0.174. The van der Waals surface area contributed by atoms with Gasteiger partial charge < -0.3 is 10.1 Å². The van der Waals surface area contributed by atoms with Crippen molar-refractivity contribution in [1.82, 2.24) is 0 Å². The molecule has 0 aliphatic heterocycles. The molecule has 31 heavy (non-hydrogen) atoms. The molecule has 0 aliphatic carbocycles. The van der Waals surface area contributed by atoms with Gasteiger partial charge in [0.05, 0.1) is 25.1 Å². The van der Waals surface area contributed by atoms with Gasteiger partial charge in [0.1, 0.15) is 5.82 Å². The lowest BCUT2D eigenvalue weighted by molar-refractivity contribution is 0.102. The largest absolute Gasteiger partial charge is 0.380 e. The molecular weight excluding hydrogens is 419 g/mol. The molecule has 0 saturated heterocycles. The number of sulfonamides is 1. The average molecular weight is 443 g/mol. The molecular formula is C23H23FN2O4S. The fourth-order valence-electron chi connectivity index (χ4n) is 3.04. The number of benzene rings is 3. The van der Waals surface area contributed by atoms with Crippen LogP contribution >= 0.6 is 0 Å². The van der Waals surface area contributed by atoms with Crippen LogP contribution in [0.4, 0.5) is 15.8 Å². The first-order valence-corrected chi connectivity index (χ1v) is 11.3. The summed E-state index contributed by atoms with van der Waals surface area (Å²) < 4.78 is 44.1. The van der Waals surface area contributed by atoms with E-state index in [0.29, 0.717) is 29.1 Å². The molecule has 0 atom stereocenters. The van der Waals surface area contributed by atoms with Crippen LogP contribution < -0.4 is 9.62 Å². The zero-order chi connectivity index (χ0) is 22.4. The zero-order valence-corrected chi connectivity index (χ0v) is 18.0. The molecule has 3 rings (SSSR count). The van der Waals surface area contributed by atoms with Crippen LogP contribution in [0.15, 0.2) is 72.8 Å². The van der Waals surface area contributed by atoms with Crippen LogP contribution in [0.5, 0.6) is 0 Å². The van der Waals surface area contributed by atoms with Crippen LogP contribution in [-0.4, -0.2) is 27.7 Å².